The minimum Gasteiger partial charge on any atom is -0.379 e. The summed E-state index contributed by atoms with van der Waals surface area (Å²) in [6.07, 6.45) is 1.79. The van der Waals surface area contributed by atoms with Crippen molar-refractivity contribution < 1.29 is 9.26 Å². The highest BCUT2D eigenvalue weighted by atomic mass is 127. The molecule has 2 N–H and O–H groups in total. The Labute approximate surface area is 169 Å². The van der Waals surface area contributed by atoms with E-state index in [1.165, 1.54) is 0 Å². The topological polar surface area (TPSA) is 71.7 Å². The molecule has 1 unspecified atom stereocenters. The average Bonchev–Trinajstić information content (AvgIpc) is 2.93. The first-order chi connectivity index (χ1) is 11.4. The van der Waals surface area contributed by atoms with E-state index >= 15 is 0 Å². The van der Waals surface area contributed by atoms with E-state index in [4.69, 9.17) is 14.3 Å². The Balaban J connectivity index is 0.00000576. The smallest absolute Gasteiger partial charge is 0.191 e. The number of methoxy groups -OCH3 is 1. The molecule has 0 saturated heterocycles. The summed E-state index contributed by atoms with van der Waals surface area (Å²) in [4.78, 5) is 4.70. The molecule has 1 rings (SSSR count). The number of hydrogen-bond donors (Lipinski definition) is 2. The normalized spacial score (nSPS) is 13.3. The first kappa shape index (κ1) is 24.2. The quantitative estimate of drug-likeness (QED) is 0.349. The Morgan fingerprint density at radius 3 is 2.36 bits per heavy atom. The van der Waals surface area contributed by atoms with Crippen LogP contribution in [-0.2, 0) is 24.1 Å². The highest BCUT2D eigenvalue weighted by Crippen LogP contribution is 2.21. The molecule has 0 bridgehead atoms. The molecule has 0 aliphatic carbocycles. The number of nitrogens with one attached hydrogen (secondary N) is 2. The van der Waals surface area contributed by atoms with E-state index in [2.05, 4.69) is 57.3 Å². The minimum absolute atomic E-state index is 0. The lowest BCUT2D eigenvalue weighted by atomic mass is 9.89. The molecule has 146 valence electrons. The monoisotopic (exact) mass is 466 g/mol. The second-order valence-electron chi connectivity index (χ2n) is 6.90. The predicted octanol–water partition coefficient (Wildman–Crippen LogP) is 3.53. The van der Waals surface area contributed by atoms with Crippen LogP contribution in [0.25, 0.3) is 0 Å². The number of nitrogens with zero attached hydrogens (tertiary/aromatic N) is 2. The van der Waals surface area contributed by atoms with Gasteiger partial charge in [-0.25, -0.2) is 4.99 Å². The Hall–Kier alpha value is -0.830. The largest absolute Gasteiger partial charge is 0.379 e. The van der Waals surface area contributed by atoms with E-state index in [0.717, 1.165) is 42.4 Å². The molecule has 25 heavy (non-hydrogen) atoms. The summed E-state index contributed by atoms with van der Waals surface area (Å²) in [5.74, 6) is 1.71. The predicted molar refractivity (Wildman–Crippen MR) is 114 cm³/mol. The Morgan fingerprint density at radius 2 is 1.88 bits per heavy atom. The molecule has 0 saturated carbocycles. The fourth-order valence-corrected chi connectivity index (χ4v) is 2.55. The molecule has 0 spiro atoms. The third kappa shape index (κ3) is 7.52. The molecular weight excluding hydrogens is 431 g/mol. The number of guanidine groups is 1. The first-order valence-electron chi connectivity index (χ1n) is 8.88. The lowest BCUT2D eigenvalue weighted by Gasteiger charge is -2.30. The Bertz CT molecular complexity index is 502. The standard InChI is InChI=1S/C18H34N4O2.HI/c1-8-14-13(15(9-2)24-22-14)11-20-17(19-10-3)21-12-16(23-7)18(4,5)6;/h16H,8-12H2,1-7H3,(H2,19,20,21);1H. The van der Waals surface area contributed by atoms with Crippen molar-refractivity contribution in [2.24, 2.45) is 10.4 Å². The van der Waals surface area contributed by atoms with Gasteiger partial charge in [-0.15, -0.1) is 24.0 Å². The maximum absolute atomic E-state index is 5.60. The van der Waals surface area contributed by atoms with E-state index < -0.39 is 0 Å². The minimum atomic E-state index is 0. The summed E-state index contributed by atoms with van der Waals surface area (Å²) in [6.45, 7) is 14.8. The maximum Gasteiger partial charge on any atom is 0.191 e. The number of rotatable bonds is 8. The number of hydrogen-bond acceptors (Lipinski definition) is 4. The lowest BCUT2D eigenvalue weighted by Crippen LogP contribution is -2.45. The maximum atomic E-state index is 5.60. The SMILES string of the molecule is CCNC(=NCc1c(CC)noc1CC)NCC(OC)C(C)(C)C.I. The van der Waals surface area contributed by atoms with Gasteiger partial charge in [-0.05, 0) is 18.8 Å². The van der Waals surface area contributed by atoms with Crippen molar-refractivity contribution in [1.82, 2.24) is 15.8 Å². The summed E-state index contributed by atoms with van der Waals surface area (Å²) < 4.78 is 11.0. The van der Waals surface area contributed by atoms with Gasteiger partial charge in [0.05, 0.1) is 18.3 Å². The van der Waals surface area contributed by atoms with Crippen LogP contribution in [-0.4, -0.2) is 37.4 Å². The second kappa shape index (κ2) is 11.7. The van der Waals surface area contributed by atoms with Crippen LogP contribution in [0.4, 0.5) is 0 Å². The molecule has 1 aromatic heterocycles. The van der Waals surface area contributed by atoms with Crippen LogP contribution in [0.15, 0.2) is 9.52 Å². The molecule has 0 aromatic carbocycles. The number of halogens is 1. The highest BCUT2D eigenvalue weighted by molar-refractivity contribution is 14.0. The van der Waals surface area contributed by atoms with Crippen molar-refractivity contribution in [2.75, 3.05) is 20.2 Å². The zero-order chi connectivity index (χ0) is 18.2. The van der Waals surface area contributed by atoms with Gasteiger partial charge in [-0.3, -0.25) is 0 Å². The van der Waals surface area contributed by atoms with Crippen molar-refractivity contribution in [2.45, 2.75) is 67.0 Å². The van der Waals surface area contributed by atoms with E-state index in [-0.39, 0.29) is 35.5 Å². The van der Waals surface area contributed by atoms with Gasteiger partial charge in [0.25, 0.3) is 0 Å². The van der Waals surface area contributed by atoms with Crippen molar-refractivity contribution in [1.29, 1.82) is 0 Å². The van der Waals surface area contributed by atoms with Gasteiger partial charge in [0.15, 0.2) is 5.96 Å². The van der Waals surface area contributed by atoms with E-state index in [9.17, 15) is 0 Å². The van der Waals surface area contributed by atoms with Crippen LogP contribution >= 0.6 is 24.0 Å². The molecule has 1 heterocycles. The lowest BCUT2D eigenvalue weighted by molar-refractivity contribution is 0.0205. The van der Waals surface area contributed by atoms with Gasteiger partial charge < -0.3 is 19.9 Å². The van der Waals surface area contributed by atoms with E-state index in [0.29, 0.717) is 13.1 Å². The van der Waals surface area contributed by atoms with Gasteiger partial charge >= 0.3 is 0 Å². The second-order valence-corrected chi connectivity index (χ2v) is 6.90. The van der Waals surface area contributed by atoms with Gasteiger partial charge in [0.2, 0.25) is 0 Å². The summed E-state index contributed by atoms with van der Waals surface area (Å²) in [6, 6.07) is 0. The van der Waals surface area contributed by atoms with E-state index in [1.54, 1.807) is 7.11 Å². The van der Waals surface area contributed by atoms with Crippen LogP contribution in [0.1, 0.15) is 58.6 Å². The summed E-state index contributed by atoms with van der Waals surface area (Å²) in [5, 5.41) is 10.8. The van der Waals surface area contributed by atoms with E-state index in [1.807, 2.05) is 0 Å². The van der Waals surface area contributed by atoms with Crippen LogP contribution in [0.5, 0.6) is 0 Å². The number of aromatic nitrogens is 1. The molecule has 7 heteroatoms. The van der Waals surface area contributed by atoms with Gasteiger partial charge in [-0.1, -0.05) is 39.8 Å². The fourth-order valence-electron chi connectivity index (χ4n) is 2.55. The Kier molecular flexibility index (Phi) is 11.3. The van der Waals surface area contributed by atoms with Gasteiger partial charge in [0.1, 0.15) is 5.76 Å². The molecule has 6 nitrogen and oxygen atoms in total. The summed E-state index contributed by atoms with van der Waals surface area (Å²) in [5.41, 5.74) is 2.17. The third-order valence-corrected chi connectivity index (χ3v) is 4.05. The Morgan fingerprint density at radius 1 is 1.20 bits per heavy atom. The molecule has 0 aliphatic heterocycles. The van der Waals surface area contributed by atoms with Crippen LogP contribution in [0.2, 0.25) is 0 Å². The number of ether oxygens (including phenoxy) is 1. The third-order valence-electron chi connectivity index (χ3n) is 4.05. The zero-order valence-electron chi connectivity index (χ0n) is 16.7. The van der Waals surface area contributed by atoms with Crippen molar-refractivity contribution in [3.63, 3.8) is 0 Å². The van der Waals surface area contributed by atoms with Crippen molar-refractivity contribution in [3.05, 3.63) is 17.0 Å². The average molecular weight is 466 g/mol. The molecule has 1 atom stereocenters. The van der Waals surface area contributed by atoms with Crippen LogP contribution in [0.3, 0.4) is 0 Å². The molecule has 0 aliphatic rings. The molecule has 1 aromatic rings. The summed E-state index contributed by atoms with van der Waals surface area (Å²) >= 11 is 0. The molecule has 0 radical (unpaired) electrons. The van der Waals surface area contributed by atoms with Gasteiger partial charge in [-0.2, -0.15) is 0 Å². The highest BCUT2D eigenvalue weighted by Gasteiger charge is 2.24. The van der Waals surface area contributed by atoms with Gasteiger partial charge in [0, 0.05) is 32.2 Å². The first-order valence-corrected chi connectivity index (χ1v) is 8.88. The van der Waals surface area contributed by atoms with Crippen LogP contribution < -0.4 is 10.6 Å². The van der Waals surface area contributed by atoms with Crippen molar-refractivity contribution >= 4 is 29.9 Å². The molecule has 0 fully saturated rings. The zero-order valence-corrected chi connectivity index (χ0v) is 19.1. The van der Waals surface area contributed by atoms with Crippen LogP contribution in [0, 0.1) is 5.41 Å². The summed E-state index contributed by atoms with van der Waals surface area (Å²) in [7, 11) is 1.75. The number of aliphatic imine (C=N–C) groups is 1. The fraction of sp³-hybridized carbons (Fsp3) is 0.778. The molecule has 0 amide bonds. The van der Waals surface area contributed by atoms with Crippen molar-refractivity contribution in [3.8, 4) is 0 Å². The molecular formula is C18H35IN4O2. The number of aryl methyl sites for hydroxylation is 2.